The highest BCUT2D eigenvalue weighted by molar-refractivity contribution is 5.78. The monoisotopic (exact) mass is 323 g/mol. The lowest BCUT2D eigenvalue weighted by atomic mass is 9.99. The summed E-state index contributed by atoms with van der Waals surface area (Å²) < 4.78 is 18.5. The molecule has 0 radical (unpaired) electrons. The van der Waals surface area contributed by atoms with Gasteiger partial charge < -0.3 is 14.7 Å². The molecule has 0 saturated carbocycles. The zero-order valence-electron chi connectivity index (χ0n) is 13.2. The van der Waals surface area contributed by atoms with E-state index in [9.17, 15) is 14.0 Å². The molecule has 5 nitrogen and oxygen atoms in total. The molecule has 1 amide bonds. The van der Waals surface area contributed by atoms with Crippen LogP contribution in [0.25, 0.3) is 0 Å². The molecule has 1 aromatic carbocycles. The minimum atomic E-state index is -0.927. The number of rotatable bonds is 6. The van der Waals surface area contributed by atoms with Gasteiger partial charge in [-0.15, -0.1) is 0 Å². The summed E-state index contributed by atoms with van der Waals surface area (Å²) in [6.07, 6.45) is 0.721. The number of benzene rings is 1. The number of aryl methyl sites for hydroxylation is 1. The van der Waals surface area contributed by atoms with Crippen molar-refractivity contribution in [2.45, 2.75) is 32.3 Å². The number of aliphatic carboxylic acids is 1. The molecule has 0 unspecified atom stereocenters. The molecule has 2 atom stereocenters. The molecule has 0 aromatic heterocycles. The molecule has 0 spiro atoms. The number of morpholine rings is 1. The highest BCUT2D eigenvalue weighted by Gasteiger charge is 2.28. The molecule has 1 N–H and O–H groups in total. The van der Waals surface area contributed by atoms with Crippen molar-refractivity contribution >= 4 is 11.9 Å². The molecule has 2 rings (SSSR count). The molecule has 6 heteroatoms. The van der Waals surface area contributed by atoms with E-state index in [1.165, 1.54) is 12.1 Å². The molecule has 23 heavy (non-hydrogen) atoms. The quantitative estimate of drug-likeness (QED) is 0.870. The summed E-state index contributed by atoms with van der Waals surface area (Å²) in [6, 6.07) is 6.39. The lowest BCUT2D eigenvalue weighted by Crippen LogP contribution is -2.48. The van der Waals surface area contributed by atoms with Crippen molar-refractivity contribution in [3.63, 3.8) is 0 Å². The van der Waals surface area contributed by atoms with Crippen LogP contribution >= 0.6 is 0 Å². The summed E-state index contributed by atoms with van der Waals surface area (Å²) in [4.78, 5) is 24.9. The van der Waals surface area contributed by atoms with E-state index in [0.29, 0.717) is 32.5 Å². The van der Waals surface area contributed by atoms with Crippen LogP contribution in [-0.2, 0) is 20.7 Å². The van der Waals surface area contributed by atoms with Crippen LogP contribution in [0.15, 0.2) is 24.3 Å². The van der Waals surface area contributed by atoms with E-state index < -0.39 is 12.1 Å². The first kappa shape index (κ1) is 17.4. The van der Waals surface area contributed by atoms with Gasteiger partial charge in [-0.3, -0.25) is 9.59 Å². The largest absolute Gasteiger partial charge is 0.481 e. The highest BCUT2D eigenvalue weighted by atomic mass is 19.1. The van der Waals surface area contributed by atoms with Gasteiger partial charge in [0.15, 0.2) is 0 Å². The van der Waals surface area contributed by atoms with Crippen LogP contribution in [0.2, 0.25) is 0 Å². The summed E-state index contributed by atoms with van der Waals surface area (Å²) in [5.41, 5.74) is 0.871. The lowest BCUT2D eigenvalue weighted by molar-refractivity contribution is -0.149. The summed E-state index contributed by atoms with van der Waals surface area (Å²) in [7, 11) is 0. The minimum absolute atomic E-state index is 0.0000850. The van der Waals surface area contributed by atoms with Gasteiger partial charge in [0.25, 0.3) is 0 Å². The third-order valence-corrected chi connectivity index (χ3v) is 4.03. The van der Waals surface area contributed by atoms with E-state index in [0.717, 1.165) is 5.56 Å². The Morgan fingerprint density at radius 3 is 2.96 bits per heavy atom. The van der Waals surface area contributed by atoms with Gasteiger partial charge in [0.2, 0.25) is 5.91 Å². The Bertz CT molecular complexity index is 563. The van der Waals surface area contributed by atoms with Crippen molar-refractivity contribution < 1.29 is 23.8 Å². The van der Waals surface area contributed by atoms with Gasteiger partial charge >= 0.3 is 5.97 Å². The Kier molecular flexibility index (Phi) is 6.10. The Labute approximate surface area is 135 Å². The zero-order valence-corrected chi connectivity index (χ0v) is 13.2. The predicted octanol–water partition coefficient (Wildman–Crippen LogP) is 2.10. The number of ether oxygens (including phenoxy) is 1. The van der Waals surface area contributed by atoms with Crippen LogP contribution in [0, 0.1) is 11.7 Å². The molecule has 1 saturated heterocycles. The Morgan fingerprint density at radius 2 is 2.26 bits per heavy atom. The number of carbonyl (C=O) groups excluding carboxylic acids is 1. The summed E-state index contributed by atoms with van der Waals surface area (Å²) in [6.45, 7) is 3.01. The summed E-state index contributed by atoms with van der Waals surface area (Å²) >= 11 is 0. The molecule has 1 aromatic rings. The number of nitrogens with zero attached hydrogens (tertiary/aromatic N) is 1. The molecule has 1 aliphatic rings. The molecule has 1 fully saturated rings. The highest BCUT2D eigenvalue weighted by Crippen LogP contribution is 2.16. The SMILES string of the molecule is C[C@@H](CCc1cccc(F)c1)C(=O)N1CCO[C@@H](CC(=O)O)C1. The molecule has 0 aliphatic carbocycles. The van der Waals surface area contributed by atoms with Gasteiger partial charge in [0.05, 0.1) is 19.1 Å². The van der Waals surface area contributed by atoms with E-state index >= 15 is 0 Å². The van der Waals surface area contributed by atoms with E-state index in [4.69, 9.17) is 9.84 Å². The number of carboxylic acid groups (broad SMARTS) is 1. The van der Waals surface area contributed by atoms with Crippen LogP contribution in [0.4, 0.5) is 4.39 Å². The average molecular weight is 323 g/mol. The fourth-order valence-corrected chi connectivity index (χ4v) is 2.75. The van der Waals surface area contributed by atoms with Crippen LogP contribution < -0.4 is 0 Å². The van der Waals surface area contributed by atoms with E-state index in [1.807, 2.05) is 13.0 Å². The van der Waals surface area contributed by atoms with Crippen molar-refractivity contribution in [2.75, 3.05) is 19.7 Å². The molecule has 1 heterocycles. The van der Waals surface area contributed by atoms with E-state index in [-0.39, 0.29) is 24.1 Å². The lowest BCUT2D eigenvalue weighted by Gasteiger charge is -2.34. The third kappa shape index (κ3) is 5.32. The van der Waals surface area contributed by atoms with Gasteiger partial charge in [0.1, 0.15) is 5.82 Å². The maximum atomic E-state index is 13.2. The predicted molar refractivity (Wildman–Crippen MR) is 82.5 cm³/mol. The van der Waals surface area contributed by atoms with Gasteiger partial charge in [-0.25, -0.2) is 4.39 Å². The van der Waals surface area contributed by atoms with Crippen LogP contribution in [-0.4, -0.2) is 47.7 Å². The number of halogens is 1. The van der Waals surface area contributed by atoms with Crippen LogP contribution in [0.1, 0.15) is 25.3 Å². The van der Waals surface area contributed by atoms with Crippen molar-refractivity contribution in [1.29, 1.82) is 0 Å². The fraction of sp³-hybridized carbons (Fsp3) is 0.529. The third-order valence-electron chi connectivity index (χ3n) is 4.03. The molecule has 1 aliphatic heterocycles. The number of amides is 1. The van der Waals surface area contributed by atoms with Crippen molar-refractivity contribution in [2.24, 2.45) is 5.92 Å². The Balaban J connectivity index is 1.85. The van der Waals surface area contributed by atoms with Crippen LogP contribution in [0.3, 0.4) is 0 Å². The first-order valence-electron chi connectivity index (χ1n) is 7.82. The first-order chi connectivity index (χ1) is 11.0. The smallest absolute Gasteiger partial charge is 0.306 e. The molecular formula is C17H22FNO4. The number of carbonyl (C=O) groups is 2. The molecular weight excluding hydrogens is 301 g/mol. The second-order valence-corrected chi connectivity index (χ2v) is 5.94. The van der Waals surface area contributed by atoms with Crippen molar-refractivity contribution in [1.82, 2.24) is 4.90 Å². The Morgan fingerprint density at radius 1 is 1.48 bits per heavy atom. The zero-order chi connectivity index (χ0) is 16.8. The number of carboxylic acids is 1. The maximum absolute atomic E-state index is 13.2. The minimum Gasteiger partial charge on any atom is -0.481 e. The van der Waals surface area contributed by atoms with Gasteiger partial charge in [-0.05, 0) is 30.5 Å². The average Bonchev–Trinajstić information content (AvgIpc) is 2.51. The summed E-state index contributed by atoms with van der Waals surface area (Å²) in [5.74, 6) is -1.39. The van der Waals surface area contributed by atoms with Crippen molar-refractivity contribution in [3.05, 3.63) is 35.6 Å². The van der Waals surface area contributed by atoms with Crippen LogP contribution in [0.5, 0.6) is 0 Å². The number of hydrogen-bond donors (Lipinski definition) is 1. The fourth-order valence-electron chi connectivity index (χ4n) is 2.75. The molecule has 0 bridgehead atoms. The van der Waals surface area contributed by atoms with Gasteiger partial charge in [0, 0.05) is 19.0 Å². The molecule has 126 valence electrons. The topological polar surface area (TPSA) is 66.8 Å². The van der Waals surface area contributed by atoms with Crippen molar-refractivity contribution in [3.8, 4) is 0 Å². The second-order valence-electron chi connectivity index (χ2n) is 5.94. The van der Waals surface area contributed by atoms with E-state index in [1.54, 1.807) is 11.0 Å². The van der Waals surface area contributed by atoms with Gasteiger partial charge in [-0.2, -0.15) is 0 Å². The van der Waals surface area contributed by atoms with E-state index in [2.05, 4.69) is 0 Å². The Hall–Kier alpha value is -1.95. The maximum Gasteiger partial charge on any atom is 0.306 e. The first-order valence-corrected chi connectivity index (χ1v) is 7.82. The van der Waals surface area contributed by atoms with Gasteiger partial charge in [-0.1, -0.05) is 19.1 Å². The summed E-state index contributed by atoms with van der Waals surface area (Å²) in [5, 5.41) is 8.82. The standard InChI is InChI=1S/C17H22FNO4/c1-12(5-6-13-3-2-4-14(18)9-13)17(22)19-7-8-23-15(11-19)10-16(20)21/h2-4,9,12,15H,5-8,10-11H2,1H3,(H,20,21)/t12-,15-/m0/s1. The normalized spacial score (nSPS) is 19.4. The number of hydrogen-bond acceptors (Lipinski definition) is 3. The second kappa shape index (κ2) is 8.06.